The third kappa shape index (κ3) is 3.04. The van der Waals surface area contributed by atoms with Crippen LogP contribution in [0.3, 0.4) is 0 Å². The molecule has 3 rings (SSSR count). The summed E-state index contributed by atoms with van der Waals surface area (Å²) in [5, 5.41) is 9.56. The van der Waals surface area contributed by atoms with E-state index in [-0.39, 0.29) is 18.8 Å². The SMILES string of the molecule is CN(CCO)C1=C(c2ccccc2)C(=O)N(c2ccccc2Cl)C1=O. The van der Waals surface area contributed by atoms with E-state index < -0.39 is 11.8 Å². The number of likely N-dealkylation sites (N-methyl/N-ethyl adjacent to an activating group) is 1. The van der Waals surface area contributed by atoms with Gasteiger partial charge in [-0.3, -0.25) is 9.59 Å². The Labute approximate surface area is 150 Å². The summed E-state index contributed by atoms with van der Waals surface area (Å²) >= 11 is 6.20. The Morgan fingerprint density at radius 2 is 1.64 bits per heavy atom. The molecule has 0 radical (unpaired) electrons. The highest BCUT2D eigenvalue weighted by molar-refractivity contribution is 6.47. The van der Waals surface area contributed by atoms with Crippen molar-refractivity contribution in [3.8, 4) is 0 Å². The number of imide groups is 1. The second-order valence-corrected chi connectivity index (χ2v) is 6.04. The van der Waals surface area contributed by atoms with Gasteiger partial charge < -0.3 is 10.0 Å². The van der Waals surface area contributed by atoms with Crippen LogP contribution in [0.1, 0.15) is 5.56 Å². The molecule has 0 bridgehead atoms. The molecule has 2 amide bonds. The summed E-state index contributed by atoms with van der Waals surface area (Å²) in [5.41, 5.74) is 1.56. The van der Waals surface area contributed by atoms with Crippen LogP contribution in [0, 0.1) is 0 Å². The molecule has 1 N–H and O–H groups in total. The largest absolute Gasteiger partial charge is 0.395 e. The van der Waals surface area contributed by atoms with Crippen molar-refractivity contribution < 1.29 is 14.7 Å². The maximum absolute atomic E-state index is 13.1. The lowest BCUT2D eigenvalue weighted by Gasteiger charge is -2.20. The molecule has 128 valence electrons. The van der Waals surface area contributed by atoms with E-state index >= 15 is 0 Å². The van der Waals surface area contributed by atoms with Crippen LogP contribution in [-0.4, -0.2) is 42.0 Å². The van der Waals surface area contributed by atoms with E-state index in [4.69, 9.17) is 11.6 Å². The third-order valence-electron chi connectivity index (χ3n) is 4.03. The van der Waals surface area contributed by atoms with Gasteiger partial charge in [-0.25, -0.2) is 4.90 Å². The molecule has 1 aliphatic rings. The number of hydrogen-bond acceptors (Lipinski definition) is 4. The Bertz CT molecular complexity index is 849. The van der Waals surface area contributed by atoms with Crippen molar-refractivity contribution >= 4 is 34.7 Å². The quantitative estimate of drug-likeness (QED) is 0.836. The summed E-state index contributed by atoms with van der Waals surface area (Å²) in [6.07, 6.45) is 0. The van der Waals surface area contributed by atoms with Gasteiger partial charge in [0.2, 0.25) is 0 Å². The minimum atomic E-state index is -0.451. The number of para-hydroxylation sites is 1. The van der Waals surface area contributed by atoms with Gasteiger partial charge in [-0.1, -0.05) is 54.1 Å². The van der Waals surface area contributed by atoms with Gasteiger partial charge in [0.1, 0.15) is 5.70 Å². The van der Waals surface area contributed by atoms with Crippen LogP contribution in [0.2, 0.25) is 5.02 Å². The molecule has 0 saturated heterocycles. The zero-order valence-electron chi connectivity index (χ0n) is 13.6. The highest BCUT2D eigenvalue weighted by Crippen LogP contribution is 2.36. The number of hydrogen-bond donors (Lipinski definition) is 1. The highest BCUT2D eigenvalue weighted by atomic mass is 35.5. The fourth-order valence-electron chi connectivity index (χ4n) is 2.85. The molecule has 0 aromatic heterocycles. The van der Waals surface area contributed by atoms with Crippen molar-refractivity contribution in [1.29, 1.82) is 0 Å². The Hall–Kier alpha value is -2.63. The fraction of sp³-hybridized carbons (Fsp3) is 0.158. The maximum Gasteiger partial charge on any atom is 0.282 e. The first-order valence-electron chi connectivity index (χ1n) is 7.81. The lowest BCUT2D eigenvalue weighted by Crippen LogP contribution is -2.35. The number of nitrogens with zero attached hydrogens (tertiary/aromatic N) is 2. The number of aliphatic hydroxyl groups is 1. The molecule has 6 heteroatoms. The average molecular weight is 357 g/mol. The van der Waals surface area contributed by atoms with Crippen molar-refractivity contribution in [2.45, 2.75) is 0 Å². The van der Waals surface area contributed by atoms with Crippen LogP contribution in [0.4, 0.5) is 5.69 Å². The summed E-state index contributed by atoms with van der Waals surface area (Å²) in [5.74, 6) is -0.878. The van der Waals surface area contributed by atoms with Gasteiger partial charge >= 0.3 is 0 Å². The van der Waals surface area contributed by atoms with Crippen molar-refractivity contribution in [1.82, 2.24) is 4.90 Å². The Morgan fingerprint density at radius 1 is 1.00 bits per heavy atom. The number of carbonyl (C=O) groups is 2. The van der Waals surface area contributed by atoms with Crippen molar-refractivity contribution in [2.24, 2.45) is 0 Å². The molecular weight excluding hydrogens is 340 g/mol. The zero-order chi connectivity index (χ0) is 18.0. The standard InChI is InChI=1S/C19H17ClN2O3/c1-21(11-12-23)17-16(13-7-3-2-4-8-13)18(24)22(19(17)25)15-10-6-5-9-14(15)20/h2-10,23H,11-12H2,1H3. The first-order valence-corrected chi connectivity index (χ1v) is 8.19. The first-order chi connectivity index (χ1) is 12.1. The summed E-state index contributed by atoms with van der Waals surface area (Å²) in [6.45, 7) is 0.108. The average Bonchev–Trinajstić information content (AvgIpc) is 2.87. The van der Waals surface area contributed by atoms with Gasteiger partial charge in [0, 0.05) is 13.6 Å². The summed E-state index contributed by atoms with van der Waals surface area (Å²) < 4.78 is 0. The Balaban J connectivity index is 2.15. The summed E-state index contributed by atoms with van der Waals surface area (Å²) in [7, 11) is 1.68. The molecule has 0 spiro atoms. The first kappa shape index (κ1) is 17.2. The summed E-state index contributed by atoms with van der Waals surface area (Å²) in [4.78, 5) is 28.8. The van der Waals surface area contributed by atoms with Gasteiger partial charge in [0.05, 0.1) is 22.9 Å². The molecule has 25 heavy (non-hydrogen) atoms. The van der Waals surface area contributed by atoms with Crippen LogP contribution in [-0.2, 0) is 9.59 Å². The van der Waals surface area contributed by atoms with E-state index in [0.29, 0.717) is 21.8 Å². The number of halogens is 1. The van der Waals surface area contributed by atoms with Crippen LogP contribution in [0.5, 0.6) is 0 Å². The zero-order valence-corrected chi connectivity index (χ0v) is 14.4. The predicted molar refractivity (Wildman–Crippen MR) is 97.0 cm³/mol. The normalized spacial score (nSPS) is 14.4. The number of aliphatic hydroxyl groups excluding tert-OH is 1. The van der Waals surface area contributed by atoms with E-state index in [9.17, 15) is 14.7 Å². The molecule has 0 fully saturated rings. The molecular formula is C19H17ClN2O3. The van der Waals surface area contributed by atoms with E-state index in [1.165, 1.54) is 0 Å². The van der Waals surface area contributed by atoms with Crippen LogP contribution >= 0.6 is 11.6 Å². The van der Waals surface area contributed by atoms with E-state index in [0.717, 1.165) is 4.90 Å². The molecule has 1 aliphatic heterocycles. The van der Waals surface area contributed by atoms with Crippen LogP contribution < -0.4 is 4.90 Å². The van der Waals surface area contributed by atoms with Gasteiger partial charge in [-0.05, 0) is 17.7 Å². The minimum absolute atomic E-state index is 0.129. The van der Waals surface area contributed by atoms with Gasteiger partial charge in [0.15, 0.2) is 0 Å². The number of benzene rings is 2. The van der Waals surface area contributed by atoms with E-state index in [1.54, 1.807) is 48.3 Å². The second-order valence-electron chi connectivity index (χ2n) is 5.63. The highest BCUT2D eigenvalue weighted by Gasteiger charge is 2.42. The minimum Gasteiger partial charge on any atom is -0.395 e. The van der Waals surface area contributed by atoms with Crippen molar-refractivity contribution in [2.75, 3.05) is 25.1 Å². The maximum atomic E-state index is 13.1. The molecule has 0 unspecified atom stereocenters. The third-order valence-corrected chi connectivity index (χ3v) is 4.35. The van der Waals surface area contributed by atoms with Crippen molar-refractivity contribution in [3.05, 3.63) is 70.9 Å². The molecule has 2 aromatic carbocycles. The lowest BCUT2D eigenvalue weighted by atomic mass is 10.0. The number of rotatable bonds is 5. The smallest absolute Gasteiger partial charge is 0.282 e. The molecule has 2 aromatic rings. The molecule has 0 aliphatic carbocycles. The fourth-order valence-corrected chi connectivity index (χ4v) is 3.07. The Kier molecular flexibility index (Phi) is 4.88. The second kappa shape index (κ2) is 7.09. The molecule has 5 nitrogen and oxygen atoms in total. The number of carbonyl (C=O) groups excluding carboxylic acids is 2. The monoisotopic (exact) mass is 356 g/mol. The van der Waals surface area contributed by atoms with Crippen LogP contribution in [0.25, 0.3) is 5.57 Å². The summed E-state index contributed by atoms with van der Waals surface area (Å²) in [6, 6.07) is 15.7. The van der Waals surface area contributed by atoms with Gasteiger partial charge in [-0.2, -0.15) is 0 Å². The molecule has 0 atom stereocenters. The number of anilines is 1. The van der Waals surface area contributed by atoms with E-state index in [2.05, 4.69) is 0 Å². The molecule has 0 saturated carbocycles. The van der Waals surface area contributed by atoms with Crippen molar-refractivity contribution in [3.63, 3.8) is 0 Å². The van der Waals surface area contributed by atoms with Gasteiger partial charge in [0.25, 0.3) is 11.8 Å². The molecule has 1 heterocycles. The lowest BCUT2D eigenvalue weighted by molar-refractivity contribution is -0.120. The Morgan fingerprint density at radius 3 is 2.28 bits per heavy atom. The van der Waals surface area contributed by atoms with Gasteiger partial charge in [-0.15, -0.1) is 0 Å². The number of amides is 2. The topological polar surface area (TPSA) is 60.9 Å². The predicted octanol–water partition coefficient (Wildman–Crippen LogP) is 2.55. The van der Waals surface area contributed by atoms with Crippen LogP contribution in [0.15, 0.2) is 60.3 Å². The van der Waals surface area contributed by atoms with E-state index in [1.807, 2.05) is 18.2 Å².